The number of nitrogens with zero attached hydrogens (tertiary/aromatic N) is 4. The molecule has 2 saturated heterocycles. The van der Waals surface area contributed by atoms with Crippen LogP contribution in [0.25, 0.3) is 0 Å². The van der Waals surface area contributed by atoms with Crippen molar-refractivity contribution in [3.05, 3.63) is 34.9 Å². The molecule has 1 aromatic carbocycles. The number of piperidine rings is 1. The first-order valence-electron chi connectivity index (χ1n) is 10.9. The maximum absolute atomic E-state index is 13.2. The number of aliphatic hydroxyl groups excluding tert-OH is 1. The van der Waals surface area contributed by atoms with Crippen molar-refractivity contribution >= 4 is 23.3 Å². The van der Waals surface area contributed by atoms with Gasteiger partial charge >= 0.3 is 6.18 Å². The van der Waals surface area contributed by atoms with Crippen LogP contribution in [0.1, 0.15) is 32.3 Å². The molecule has 0 amide bonds. The van der Waals surface area contributed by atoms with E-state index in [4.69, 9.17) is 11.6 Å². The summed E-state index contributed by atoms with van der Waals surface area (Å²) in [5.41, 5.74) is -0.145. The van der Waals surface area contributed by atoms with Gasteiger partial charge < -0.3 is 15.1 Å². The van der Waals surface area contributed by atoms with Crippen molar-refractivity contribution in [3.63, 3.8) is 0 Å². The SMILES string of the molecule is CC1N=C(C(F)(F)F)N=C(N2CC(O)C(N3CCC(O)(c4ccc(Cl)cc4)CC3)C2)C1C. The van der Waals surface area contributed by atoms with Crippen molar-refractivity contribution in [1.29, 1.82) is 0 Å². The van der Waals surface area contributed by atoms with Crippen LogP contribution < -0.4 is 0 Å². The lowest BCUT2D eigenvalue weighted by atomic mass is 9.84. The van der Waals surface area contributed by atoms with E-state index in [1.807, 2.05) is 19.1 Å². The third-order valence-electron chi connectivity index (χ3n) is 6.99. The highest BCUT2D eigenvalue weighted by atomic mass is 35.5. The number of likely N-dealkylation sites (tertiary alicyclic amines) is 2. The zero-order valence-electron chi connectivity index (χ0n) is 18.1. The van der Waals surface area contributed by atoms with Crippen molar-refractivity contribution in [3.8, 4) is 0 Å². The van der Waals surface area contributed by atoms with Crippen LogP contribution in [0.3, 0.4) is 0 Å². The third kappa shape index (κ3) is 4.53. The van der Waals surface area contributed by atoms with E-state index in [0.29, 0.717) is 43.3 Å². The number of benzene rings is 1. The van der Waals surface area contributed by atoms with Gasteiger partial charge in [-0.25, -0.2) is 4.99 Å². The van der Waals surface area contributed by atoms with Crippen LogP contribution in [0.4, 0.5) is 13.2 Å². The molecule has 4 atom stereocenters. The molecule has 4 unspecified atom stereocenters. The van der Waals surface area contributed by atoms with Crippen molar-refractivity contribution in [2.75, 3.05) is 26.2 Å². The predicted octanol–water partition coefficient (Wildman–Crippen LogP) is 3.07. The lowest BCUT2D eigenvalue weighted by Gasteiger charge is -2.41. The minimum Gasteiger partial charge on any atom is -0.390 e. The van der Waals surface area contributed by atoms with Gasteiger partial charge in [-0.15, -0.1) is 0 Å². The summed E-state index contributed by atoms with van der Waals surface area (Å²) in [6, 6.07) is 6.39. The number of alkyl halides is 3. The summed E-state index contributed by atoms with van der Waals surface area (Å²) in [6.07, 6.45) is -4.32. The largest absolute Gasteiger partial charge is 0.451 e. The number of hydrogen-bond donors (Lipinski definition) is 2. The number of hydrogen-bond acceptors (Lipinski definition) is 6. The molecule has 2 N–H and O–H groups in total. The van der Waals surface area contributed by atoms with Gasteiger partial charge in [-0.3, -0.25) is 9.89 Å². The van der Waals surface area contributed by atoms with Crippen LogP contribution in [-0.4, -0.2) is 82.2 Å². The van der Waals surface area contributed by atoms with Crippen LogP contribution in [0, 0.1) is 5.92 Å². The van der Waals surface area contributed by atoms with Crippen LogP contribution in [0.5, 0.6) is 0 Å². The number of aliphatic imine (C=N–C) groups is 2. The van der Waals surface area contributed by atoms with E-state index in [-0.39, 0.29) is 18.5 Å². The molecule has 1 aromatic rings. The Kier molecular flexibility index (Phi) is 6.30. The number of halogens is 4. The molecule has 0 aromatic heterocycles. The third-order valence-corrected chi connectivity index (χ3v) is 7.24. The molecule has 0 aliphatic carbocycles. The number of aliphatic hydroxyl groups is 2. The van der Waals surface area contributed by atoms with Crippen LogP contribution >= 0.6 is 11.6 Å². The molecule has 3 aliphatic rings. The molecule has 0 bridgehead atoms. The standard InChI is InChI=1S/C22H28ClF3N4O2/c1-13-14(2)27-20(22(24,25)26)28-19(13)30-11-17(18(31)12-30)29-9-7-21(32,8-10-29)15-3-5-16(23)6-4-15/h3-6,13-14,17-18,31-32H,7-12H2,1-2H3. The predicted molar refractivity (Wildman–Crippen MR) is 117 cm³/mol. The number of rotatable bonds is 2. The summed E-state index contributed by atoms with van der Waals surface area (Å²) < 4.78 is 39.7. The fourth-order valence-corrected chi connectivity index (χ4v) is 4.97. The van der Waals surface area contributed by atoms with Gasteiger partial charge in [0.15, 0.2) is 0 Å². The highest BCUT2D eigenvalue weighted by molar-refractivity contribution is 6.30. The van der Waals surface area contributed by atoms with Crippen molar-refractivity contribution in [1.82, 2.24) is 9.80 Å². The number of β-amino-alcohol motifs (C(OH)–C–C–N with tert-alkyl or cyclic N) is 1. The molecule has 10 heteroatoms. The first kappa shape index (κ1) is 23.5. The Morgan fingerprint density at radius 2 is 1.72 bits per heavy atom. The minimum atomic E-state index is -4.60. The second-order valence-electron chi connectivity index (χ2n) is 9.06. The maximum atomic E-state index is 13.2. The summed E-state index contributed by atoms with van der Waals surface area (Å²) in [5, 5.41) is 22.4. The Hall–Kier alpha value is -1.68. The molecule has 0 spiro atoms. The van der Waals surface area contributed by atoms with E-state index in [0.717, 1.165) is 5.56 Å². The molecule has 4 rings (SSSR count). The van der Waals surface area contributed by atoms with Gasteiger partial charge in [-0.05, 0) is 37.5 Å². The maximum Gasteiger partial charge on any atom is 0.451 e. The lowest BCUT2D eigenvalue weighted by Crippen LogP contribution is -2.51. The lowest BCUT2D eigenvalue weighted by molar-refractivity contribution is -0.0604. The number of amidine groups is 2. The molecular formula is C22H28ClF3N4O2. The topological polar surface area (TPSA) is 71.7 Å². The van der Waals surface area contributed by atoms with Gasteiger partial charge in [0.25, 0.3) is 0 Å². The second kappa shape index (κ2) is 8.59. The second-order valence-corrected chi connectivity index (χ2v) is 9.50. The monoisotopic (exact) mass is 472 g/mol. The van der Waals surface area contributed by atoms with Crippen LogP contribution in [0.2, 0.25) is 5.02 Å². The molecule has 3 heterocycles. The Morgan fingerprint density at radius 3 is 2.31 bits per heavy atom. The Balaban J connectivity index is 1.44. The van der Waals surface area contributed by atoms with Gasteiger partial charge in [0.1, 0.15) is 5.84 Å². The van der Waals surface area contributed by atoms with Gasteiger partial charge in [0, 0.05) is 37.1 Å². The van der Waals surface area contributed by atoms with Crippen molar-refractivity contribution in [2.24, 2.45) is 15.9 Å². The molecule has 0 radical (unpaired) electrons. The quantitative estimate of drug-likeness (QED) is 0.694. The minimum absolute atomic E-state index is 0.226. The first-order chi connectivity index (χ1) is 15.0. The molecule has 2 fully saturated rings. The summed E-state index contributed by atoms with van der Waals surface area (Å²) in [7, 11) is 0. The Morgan fingerprint density at radius 1 is 1.09 bits per heavy atom. The van der Waals surface area contributed by atoms with Crippen molar-refractivity contribution in [2.45, 2.75) is 56.7 Å². The fourth-order valence-electron chi connectivity index (χ4n) is 4.84. The van der Waals surface area contributed by atoms with Gasteiger partial charge in [-0.1, -0.05) is 30.7 Å². The van der Waals surface area contributed by atoms with E-state index < -0.39 is 29.8 Å². The zero-order chi connectivity index (χ0) is 23.3. The van der Waals surface area contributed by atoms with E-state index in [9.17, 15) is 23.4 Å². The zero-order valence-corrected chi connectivity index (χ0v) is 18.8. The Labute approximate surface area is 190 Å². The van der Waals surface area contributed by atoms with Gasteiger partial charge in [-0.2, -0.15) is 13.2 Å². The molecule has 32 heavy (non-hydrogen) atoms. The fraction of sp³-hybridized carbons (Fsp3) is 0.636. The molecule has 6 nitrogen and oxygen atoms in total. The summed E-state index contributed by atoms with van der Waals surface area (Å²) in [4.78, 5) is 11.4. The van der Waals surface area contributed by atoms with Crippen molar-refractivity contribution < 1.29 is 23.4 Å². The van der Waals surface area contributed by atoms with E-state index in [1.54, 1.807) is 24.0 Å². The highest BCUT2D eigenvalue weighted by Gasteiger charge is 2.45. The Bertz CT molecular complexity index is 897. The van der Waals surface area contributed by atoms with E-state index >= 15 is 0 Å². The highest BCUT2D eigenvalue weighted by Crippen LogP contribution is 2.35. The summed E-state index contributed by atoms with van der Waals surface area (Å²) in [5.74, 6) is -1.05. The molecule has 176 valence electrons. The van der Waals surface area contributed by atoms with Crippen LogP contribution in [0.15, 0.2) is 34.3 Å². The van der Waals surface area contributed by atoms with E-state index in [2.05, 4.69) is 14.9 Å². The summed E-state index contributed by atoms with van der Waals surface area (Å²) in [6.45, 7) is 5.22. The molecular weight excluding hydrogens is 445 g/mol. The van der Waals surface area contributed by atoms with E-state index in [1.165, 1.54) is 0 Å². The normalized spacial score (nSPS) is 31.4. The van der Waals surface area contributed by atoms with Crippen LogP contribution in [-0.2, 0) is 5.60 Å². The first-order valence-corrected chi connectivity index (χ1v) is 11.2. The average Bonchev–Trinajstić information content (AvgIpc) is 3.11. The average molecular weight is 473 g/mol. The van der Waals surface area contributed by atoms with Gasteiger partial charge in [0.05, 0.1) is 23.8 Å². The van der Waals surface area contributed by atoms with Gasteiger partial charge in [0.2, 0.25) is 5.84 Å². The summed E-state index contributed by atoms with van der Waals surface area (Å²) >= 11 is 5.95. The molecule has 0 saturated carbocycles. The smallest absolute Gasteiger partial charge is 0.390 e. The molecule has 3 aliphatic heterocycles.